The van der Waals surface area contributed by atoms with Crippen molar-refractivity contribution in [3.8, 4) is 0 Å². The minimum Gasteiger partial charge on any atom is -0.480 e. The molecule has 0 aliphatic heterocycles. The largest absolute Gasteiger partial charge is 0.480 e. The van der Waals surface area contributed by atoms with Crippen molar-refractivity contribution < 1.29 is 14.7 Å². The number of likely N-dealkylation sites (N-methyl/N-ethyl adjacent to an activating group) is 1. The van der Waals surface area contributed by atoms with Gasteiger partial charge in [0.15, 0.2) is 0 Å². The highest BCUT2D eigenvalue weighted by atomic mass is 16.4. The van der Waals surface area contributed by atoms with Crippen molar-refractivity contribution in [1.29, 1.82) is 0 Å². The van der Waals surface area contributed by atoms with Gasteiger partial charge in [0.2, 0.25) is 5.91 Å². The Labute approximate surface area is 113 Å². The molecule has 5 nitrogen and oxygen atoms in total. The van der Waals surface area contributed by atoms with E-state index in [0.717, 1.165) is 11.1 Å². The first-order valence-electron chi connectivity index (χ1n) is 6.16. The molecule has 1 atom stereocenters. The monoisotopic (exact) mass is 264 g/mol. The summed E-state index contributed by atoms with van der Waals surface area (Å²) in [6.07, 6.45) is 0. The number of carbonyl (C=O) groups is 2. The van der Waals surface area contributed by atoms with Crippen LogP contribution in [-0.2, 0) is 16.1 Å². The molecule has 1 aromatic carbocycles. The van der Waals surface area contributed by atoms with Crippen molar-refractivity contribution in [2.45, 2.75) is 26.4 Å². The van der Waals surface area contributed by atoms with Crippen molar-refractivity contribution in [2.75, 3.05) is 13.6 Å². The maximum atomic E-state index is 11.9. The molecule has 0 aliphatic rings. The second-order valence-electron chi connectivity index (χ2n) is 4.62. The zero-order valence-corrected chi connectivity index (χ0v) is 11.5. The number of nitrogens with one attached hydrogen (secondary N) is 1. The van der Waals surface area contributed by atoms with Gasteiger partial charge in [-0.15, -0.1) is 0 Å². The summed E-state index contributed by atoms with van der Waals surface area (Å²) in [4.78, 5) is 24.1. The van der Waals surface area contributed by atoms with Gasteiger partial charge in [0.05, 0.1) is 6.54 Å². The van der Waals surface area contributed by atoms with Crippen LogP contribution < -0.4 is 5.32 Å². The van der Waals surface area contributed by atoms with E-state index in [-0.39, 0.29) is 12.5 Å². The Morgan fingerprint density at radius 2 is 2.00 bits per heavy atom. The number of nitrogens with zero attached hydrogens (tertiary/aromatic N) is 1. The fraction of sp³-hybridized carbons (Fsp3) is 0.429. The molecular formula is C14H20N2O3. The summed E-state index contributed by atoms with van der Waals surface area (Å²) in [7, 11) is 1.71. The van der Waals surface area contributed by atoms with Crippen LogP contribution in [-0.4, -0.2) is 41.5 Å². The topological polar surface area (TPSA) is 69.6 Å². The lowest BCUT2D eigenvalue weighted by atomic mass is 10.1. The highest BCUT2D eigenvalue weighted by Crippen LogP contribution is 2.09. The number of hydrogen-bond donors (Lipinski definition) is 2. The lowest BCUT2D eigenvalue weighted by Gasteiger charge is -2.19. The Bertz CT molecular complexity index is 460. The molecule has 0 fully saturated rings. The SMILES string of the molecule is Cc1ccccc1CN(C)C(=O)CN[C@@H](C)C(=O)O. The van der Waals surface area contributed by atoms with E-state index in [1.807, 2.05) is 31.2 Å². The number of hydrogen-bond acceptors (Lipinski definition) is 3. The van der Waals surface area contributed by atoms with Crippen LogP contribution >= 0.6 is 0 Å². The van der Waals surface area contributed by atoms with Crippen LogP contribution in [0.3, 0.4) is 0 Å². The molecule has 0 radical (unpaired) electrons. The highest BCUT2D eigenvalue weighted by molar-refractivity contribution is 5.79. The van der Waals surface area contributed by atoms with Crippen LogP contribution in [0, 0.1) is 6.92 Å². The predicted octanol–water partition coefficient (Wildman–Crippen LogP) is 1.02. The number of aryl methyl sites for hydroxylation is 1. The quantitative estimate of drug-likeness (QED) is 0.804. The van der Waals surface area contributed by atoms with Crippen molar-refractivity contribution in [3.05, 3.63) is 35.4 Å². The van der Waals surface area contributed by atoms with E-state index in [1.54, 1.807) is 11.9 Å². The first-order chi connectivity index (χ1) is 8.91. The molecule has 1 rings (SSSR count). The van der Waals surface area contributed by atoms with Gasteiger partial charge in [0.25, 0.3) is 0 Å². The minimum atomic E-state index is -0.964. The number of carboxylic acid groups (broad SMARTS) is 1. The van der Waals surface area contributed by atoms with Crippen molar-refractivity contribution in [2.24, 2.45) is 0 Å². The Balaban J connectivity index is 2.50. The maximum Gasteiger partial charge on any atom is 0.320 e. The standard InChI is InChI=1S/C14H20N2O3/c1-10-6-4-5-7-12(10)9-16(3)13(17)8-15-11(2)14(18)19/h4-7,11,15H,8-9H2,1-3H3,(H,18,19)/t11-/m0/s1. The molecular weight excluding hydrogens is 244 g/mol. The highest BCUT2D eigenvalue weighted by Gasteiger charge is 2.14. The van der Waals surface area contributed by atoms with E-state index < -0.39 is 12.0 Å². The summed E-state index contributed by atoms with van der Waals surface area (Å²) in [5.74, 6) is -1.09. The van der Waals surface area contributed by atoms with Crippen LogP contribution in [0.15, 0.2) is 24.3 Å². The Hall–Kier alpha value is -1.88. The normalized spacial score (nSPS) is 11.9. The molecule has 0 saturated carbocycles. The second kappa shape index (κ2) is 6.89. The van der Waals surface area contributed by atoms with Gasteiger partial charge in [-0.25, -0.2) is 0 Å². The zero-order valence-electron chi connectivity index (χ0n) is 11.5. The van der Waals surface area contributed by atoms with Gasteiger partial charge in [-0.1, -0.05) is 24.3 Å². The van der Waals surface area contributed by atoms with Crippen LogP contribution in [0.2, 0.25) is 0 Å². The first-order valence-corrected chi connectivity index (χ1v) is 6.16. The Morgan fingerprint density at radius 1 is 1.37 bits per heavy atom. The molecule has 0 spiro atoms. The summed E-state index contributed by atoms with van der Waals surface area (Å²) in [6, 6.07) is 7.14. The van der Waals surface area contributed by atoms with Gasteiger partial charge in [-0.3, -0.25) is 14.9 Å². The molecule has 5 heteroatoms. The molecule has 1 amide bonds. The number of benzene rings is 1. The zero-order chi connectivity index (χ0) is 14.4. The number of amides is 1. The molecule has 0 bridgehead atoms. The van der Waals surface area contributed by atoms with E-state index in [4.69, 9.17) is 5.11 Å². The third-order valence-corrected chi connectivity index (χ3v) is 3.02. The number of aliphatic carboxylic acids is 1. The van der Waals surface area contributed by atoms with Gasteiger partial charge < -0.3 is 10.0 Å². The molecule has 0 aliphatic carbocycles. The summed E-state index contributed by atoms with van der Waals surface area (Å²) in [5.41, 5.74) is 2.22. The number of rotatable bonds is 6. The van der Waals surface area contributed by atoms with Gasteiger partial charge >= 0.3 is 5.97 Å². The smallest absolute Gasteiger partial charge is 0.320 e. The van der Waals surface area contributed by atoms with Crippen LogP contribution in [0.1, 0.15) is 18.1 Å². The molecule has 0 unspecified atom stereocenters. The van der Waals surface area contributed by atoms with Crippen molar-refractivity contribution >= 4 is 11.9 Å². The van der Waals surface area contributed by atoms with Gasteiger partial charge in [0.1, 0.15) is 6.04 Å². The van der Waals surface area contributed by atoms with E-state index in [1.165, 1.54) is 6.92 Å². The molecule has 104 valence electrons. The van der Waals surface area contributed by atoms with E-state index in [0.29, 0.717) is 6.54 Å². The van der Waals surface area contributed by atoms with Crippen LogP contribution in [0.4, 0.5) is 0 Å². The molecule has 0 saturated heterocycles. The number of carbonyl (C=O) groups excluding carboxylic acids is 1. The fourth-order valence-electron chi connectivity index (χ4n) is 1.59. The average molecular weight is 264 g/mol. The Kier molecular flexibility index (Phi) is 5.51. The van der Waals surface area contributed by atoms with E-state index >= 15 is 0 Å². The lowest BCUT2D eigenvalue weighted by molar-refractivity contribution is -0.139. The molecule has 2 N–H and O–H groups in total. The summed E-state index contributed by atoms with van der Waals surface area (Å²) >= 11 is 0. The van der Waals surface area contributed by atoms with Crippen molar-refractivity contribution in [3.63, 3.8) is 0 Å². The predicted molar refractivity (Wildman–Crippen MR) is 72.8 cm³/mol. The maximum absolute atomic E-state index is 11.9. The lowest BCUT2D eigenvalue weighted by Crippen LogP contribution is -2.41. The minimum absolute atomic E-state index is 0.0237. The Morgan fingerprint density at radius 3 is 2.58 bits per heavy atom. The summed E-state index contributed by atoms with van der Waals surface area (Å²) < 4.78 is 0. The third-order valence-electron chi connectivity index (χ3n) is 3.02. The van der Waals surface area contributed by atoms with Crippen LogP contribution in [0.25, 0.3) is 0 Å². The summed E-state index contributed by atoms with van der Waals surface area (Å²) in [6.45, 7) is 4.06. The van der Waals surface area contributed by atoms with Crippen molar-refractivity contribution in [1.82, 2.24) is 10.2 Å². The second-order valence-corrected chi connectivity index (χ2v) is 4.62. The first kappa shape index (κ1) is 15.2. The van der Waals surface area contributed by atoms with Gasteiger partial charge in [-0.2, -0.15) is 0 Å². The molecule has 0 heterocycles. The molecule has 19 heavy (non-hydrogen) atoms. The van der Waals surface area contributed by atoms with E-state index in [2.05, 4.69) is 5.32 Å². The third kappa shape index (κ3) is 4.71. The fourth-order valence-corrected chi connectivity index (χ4v) is 1.59. The van der Waals surface area contributed by atoms with Gasteiger partial charge in [0, 0.05) is 13.6 Å². The summed E-state index contributed by atoms with van der Waals surface area (Å²) in [5, 5.41) is 11.4. The van der Waals surface area contributed by atoms with Gasteiger partial charge in [-0.05, 0) is 25.0 Å². The number of carboxylic acids is 1. The average Bonchev–Trinajstić information content (AvgIpc) is 2.37. The molecule has 1 aromatic rings. The molecule has 0 aromatic heterocycles. The van der Waals surface area contributed by atoms with Crippen LogP contribution in [0.5, 0.6) is 0 Å². The van der Waals surface area contributed by atoms with E-state index in [9.17, 15) is 9.59 Å².